The lowest BCUT2D eigenvalue weighted by Crippen LogP contribution is -2.36. The van der Waals surface area contributed by atoms with Crippen LogP contribution in [0, 0.1) is 17.6 Å². The summed E-state index contributed by atoms with van der Waals surface area (Å²) in [5, 5.41) is 13.4. The quantitative estimate of drug-likeness (QED) is 0.866. The standard InChI is InChI=1S/C16H23F2NO/c1-2-11-4-3-5-13(8-11)19-10-16(20)12-6-7-14(17)15(18)9-12/h6-7,9,11,13,16,19-20H,2-5,8,10H2,1H3. The lowest BCUT2D eigenvalue weighted by molar-refractivity contribution is 0.160. The Kier molecular flexibility index (Phi) is 5.49. The van der Waals surface area contributed by atoms with Crippen molar-refractivity contribution in [1.29, 1.82) is 0 Å². The number of halogens is 2. The summed E-state index contributed by atoms with van der Waals surface area (Å²) < 4.78 is 26.0. The van der Waals surface area contributed by atoms with Gasteiger partial charge in [0, 0.05) is 12.6 Å². The van der Waals surface area contributed by atoms with E-state index in [9.17, 15) is 13.9 Å². The fourth-order valence-electron chi connectivity index (χ4n) is 2.96. The van der Waals surface area contributed by atoms with Crippen molar-refractivity contribution in [1.82, 2.24) is 5.32 Å². The molecule has 0 aliphatic heterocycles. The average molecular weight is 283 g/mol. The SMILES string of the molecule is CCC1CCCC(NCC(O)c2ccc(F)c(F)c2)C1. The molecule has 2 nitrogen and oxygen atoms in total. The maximum absolute atomic E-state index is 13.1. The number of aliphatic hydroxyl groups is 1. The Morgan fingerprint density at radius 3 is 2.80 bits per heavy atom. The van der Waals surface area contributed by atoms with E-state index >= 15 is 0 Å². The van der Waals surface area contributed by atoms with E-state index in [1.54, 1.807) is 0 Å². The Hall–Kier alpha value is -1.00. The van der Waals surface area contributed by atoms with Gasteiger partial charge in [0.15, 0.2) is 11.6 Å². The van der Waals surface area contributed by atoms with Crippen LogP contribution in [0.3, 0.4) is 0 Å². The Labute approximate surface area is 119 Å². The molecule has 0 saturated heterocycles. The van der Waals surface area contributed by atoms with Gasteiger partial charge in [0.2, 0.25) is 0 Å². The van der Waals surface area contributed by atoms with Crippen LogP contribution in [-0.2, 0) is 0 Å². The van der Waals surface area contributed by atoms with Crippen molar-refractivity contribution in [3.63, 3.8) is 0 Å². The Balaban J connectivity index is 1.85. The summed E-state index contributed by atoms with van der Waals surface area (Å²) in [5.74, 6) is -1.03. The molecule has 0 heterocycles. The number of benzene rings is 1. The van der Waals surface area contributed by atoms with Gasteiger partial charge in [-0.25, -0.2) is 8.78 Å². The van der Waals surface area contributed by atoms with Gasteiger partial charge in [0.25, 0.3) is 0 Å². The first kappa shape index (κ1) is 15.4. The first-order chi connectivity index (χ1) is 9.60. The Bertz CT molecular complexity index is 438. The second-order valence-electron chi connectivity index (χ2n) is 5.74. The van der Waals surface area contributed by atoms with E-state index in [1.165, 1.54) is 25.3 Å². The highest BCUT2D eigenvalue weighted by atomic mass is 19.2. The molecule has 1 saturated carbocycles. The molecule has 4 heteroatoms. The molecule has 2 rings (SSSR count). The lowest BCUT2D eigenvalue weighted by atomic mass is 9.84. The normalized spacial score (nSPS) is 24.6. The van der Waals surface area contributed by atoms with Gasteiger partial charge >= 0.3 is 0 Å². The average Bonchev–Trinajstić information content (AvgIpc) is 2.47. The minimum atomic E-state index is -0.912. The molecule has 1 aliphatic rings. The molecule has 20 heavy (non-hydrogen) atoms. The molecular weight excluding hydrogens is 260 g/mol. The molecule has 1 aromatic carbocycles. The molecule has 1 aliphatic carbocycles. The number of hydrogen-bond acceptors (Lipinski definition) is 2. The van der Waals surface area contributed by atoms with Crippen molar-refractivity contribution >= 4 is 0 Å². The van der Waals surface area contributed by atoms with E-state index in [0.29, 0.717) is 18.2 Å². The minimum Gasteiger partial charge on any atom is -0.387 e. The maximum atomic E-state index is 13.1. The maximum Gasteiger partial charge on any atom is 0.159 e. The molecule has 0 spiro atoms. The predicted octanol–water partition coefficient (Wildman–Crippen LogP) is 3.56. The van der Waals surface area contributed by atoms with Crippen molar-refractivity contribution < 1.29 is 13.9 Å². The third-order valence-corrected chi connectivity index (χ3v) is 4.29. The summed E-state index contributed by atoms with van der Waals surface area (Å²) in [6.45, 7) is 2.59. The van der Waals surface area contributed by atoms with Gasteiger partial charge in [0.1, 0.15) is 0 Å². The van der Waals surface area contributed by atoms with Crippen LogP contribution in [0.5, 0.6) is 0 Å². The van der Waals surface area contributed by atoms with Crippen molar-refractivity contribution in [2.45, 2.75) is 51.2 Å². The molecule has 0 amide bonds. The highest BCUT2D eigenvalue weighted by Crippen LogP contribution is 2.27. The fourth-order valence-corrected chi connectivity index (χ4v) is 2.96. The number of hydrogen-bond donors (Lipinski definition) is 2. The van der Waals surface area contributed by atoms with Gasteiger partial charge in [-0.2, -0.15) is 0 Å². The van der Waals surface area contributed by atoms with E-state index in [-0.39, 0.29) is 0 Å². The largest absolute Gasteiger partial charge is 0.387 e. The van der Waals surface area contributed by atoms with E-state index in [2.05, 4.69) is 12.2 Å². The minimum absolute atomic E-state index is 0.381. The summed E-state index contributed by atoms with van der Waals surface area (Å²) in [4.78, 5) is 0. The Morgan fingerprint density at radius 1 is 1.30 bits per heavy atom. The second-order valence-corrected chi connectivity index (χ2v) is 5.74. The third kappa shape index (κ3) is 4.00. The van der Waals surface area contributed by atoms with Crippen molar-refractivity contribution in [2.75, 3.05) is 6.54 Å². The predicted molar refractivity (Wildman–Crippen MR) is 75.4 cm³/mol. The topological polar surface area (TPSA) is 32.3 Å². The van der Waals surface area contributed by atoms with E-state index in [4.69, 9.17) is 0 Å². The first-order valence-corrected chi connectivity index (χ1v) is 7.46. The zero-order chi connectivity index (χ0) is 14.5. The lowest BCUT2D eigenvalue weighted by Gasteiger charge is -2.30. The van der Waals surface area contributed by atoms with Gasteiger partial charge < -0.3 is 10.4 Å². The van der Waals surface area contributed by atoms with E-state index < -0.39 is 17.7 Å². The molecule has 0 radical (unpaired) electrons. The summed E-state index contributed by atoms with van der Waals surface area (Å²) in [5.41, 5.74) is 0.416. The van der Waals surface area contributed by atoms with Crippen LogP contribution in [-0.4, -0.2) is 17.7 Å². The smallest absolute Gasteiger partial charge is 0.159 e. The summed E-state index contributed by atoms with van der Waals surface area (Å²) in [6.07, 6.45) is 5.18. The van der Waals surface area contributed by atoms with Gasteiger partial charge in [-0.15, -0.1) is 0 Å². The third-order valence-electron chi connectivity index (χ3n) is 4.29. The van der Waals surface area contributed by atoms with Gasteiger partial charge in [-0.3, -0.25) is 0 Å². The zero-order valence-electron chi connectivity index (χ0n) is 11.9. The van der Waals surface area contributed by atoms with Crippen LogP contribution in [0.4, 0.5) is 8.78 Å². The van der Waals surface area contributed by atoms with Crippen LogP contribution < -0.4 is 5.32 Å². The summed E-state index contributed by atoms with van der Waals surface area (Å²) in [6, 6.07) is 3.98. The van der Waals surface area contributed by atoms with Crippen LogP contribution in [0.25, 0.3) is 0 Å². The van der Waals surface area contributed by atoms with Crippen LogP contribution in [0.1, 0.15) is 50.7 Å². The van der Waals surface area contributed by atoms with Crippen LogP contribution >= 0.6 is 0 Å². The van der Waals surface area contributed by atoms with Gasteiger partial charge in [-0.1, -0.05) is 32.3 Å². The molecule has 3 unspecified atom stereocenters. The molecule has 0 aromatic heterocycles. The number of aliphatic hydroxyl groups excluding tert-OH is 1. The van der Waals surface area contributed by atoms with Crippen molar-refractivity contribution in [3.05, 3.63) is 35.4 Å². The van der Waals surface area contributed by atoms with E-state index in [1.807, 2.05) is 0 Å². The summed E-state index contributed by atoms with van der Waals surface area (Å²) >= 11 is 0. The monoisotopic (exact) mass is 283 g/mol. The second kappa shape index (κ2) is 7.14. The van der Waals surface area contributed by atoms with E-state index in [0.717, 1.165) is 30.9 Å². The van der Waals surface area contributed by atoms with Crippen LogP contribution in [0.2, 0.25) is 0 Å². The highest BCUT2D eigenvalue weighted by Gasteiger charge is 2.21. The van der Waals surface area contributed by atoms with Crippen LogP contribution in [0.15, 0.2) is 18.2 Å². The summed E-state index contributed by atoms with van der Waals surface area (Å²) in [7, 11) is 0. The molecular formula is C16H23F2NO. The molecule has 3 atom stereocenters. The zero-order valence-corrected chi connectivity index (χ0v) is 11.9. The fraction of sp³-hybridized carbons (Fsp3) is 0.625. The van der Waals surface area contributed by atoms with Gasteiger partial charge in [-0.05, 0) is 36.5 Å². The van der Waals surface area contributed by atoms with Gasteiger partial charge in [0.05, 0.1) is 6.10 Å². The molecule has 0 bridgehead atoms. The number of nitrogens with one attached hydrogen (secondary N) is 1. The molecule has 112 valence electrons. The molecule has 1 aromatic rings. The Morgan fingerprint density at radius 2 is 2.10 bits per heavy atom. The van der Waals surface area contributed by atoms with Crippen molar-refractivity contribution in [2.24, 2.45) is 5.92 Å². The highest BCUT2D eigenvalue weighted by molar-refractivity contribution is 5.20. The molecule has 2 N–H and O–H groups in total. The first-order valence-electron chi connectivity index (χ1n) is 7.46. The number of rotatable bonds is 5. The molecule has 1 fully saturated rings. The van der Waals surface area contributed by atoms with Crippen molar-refractivity contribution in [3.8, 4) is 0 Å².